The maximum Gasteiger partial charge on any atom is 0.333 e. The molecule has 0 saturated carbocycles. The fourth-order valence-corrected chi connectivity index (χ4v) is 11.3. The first kappa shape index (κ1) is 72.2. The molecular formula is C88H76F2N4O10. The number of benzene rings is 12. The van der Waals surface area contributed by atoms with Crippen LogP contribution in [0.4, 0.5) is 8.78 Å². The zero-order chi connectivity index (χ0) is 75.0. The number of rotatable bonds is 15. The smallest absolute Gasteiger partial charge is 0.333 e. The summed E-state index contributed by atoms with van der Waals surface area (Å²) >= 11 is 0. The Morgan fingerprint density at radius 3 is 1.02 bits per heavy atom. The number of nitrogens with zero attached hydrogens (tertiary/aromatic N) is 2. The quantitative estimate of drug-likeness (QED) is 0.0715. The van der Waals surface area contributed by atoms with Crippen molar-refractivity contribution in [2.24, 2.45) is 7.05 Å². The van der Waals surface area contributed by atoms with E-state index in [9.17, 15) is 47.8 Å². The Bertz CT molecular complexity index is 5290. The van der Waals surface area contributed by atoms with Crippen LogP contribution >= 0.6 is 0 Å². The van der Waals surface area contributed by atoms with E-state index in [1.165, 1.54) is 55.5 Å². The highest BCUT2D eigenvalue weighted by Crippen LogP contribution is 2.36. The van der Waals surface area contributed by atoms with Crippen LogP contribution < -0.4 is 20.9 Å². The van der Waals surface area contributed by atoms with Crippen molar-refractivity contribution in [1.82, 2.24) is 19.1 Å². The van der Waals surface area contributed by atoms with E-state index in [1.807, 2.05) is 140 Å². The molecule has 4 N–H and O–H groups in total. The largest absolute Gasteiger partial charge is 0.508 e. The third-order valence-corrected chi connectivity index (χ3v) is 17.3. The lowest BCUT2D eigenvalue weighted by molar-refractivity contribution is -0.115. The summed E-state index contributed by atoms with van der Waals surface area (Å²) in [5, 5.41) is 18.6. The number of H-pyrrole nitrogens is 2. The molecule has 0 bridgehead atoms. The van der Waals surface area contributed by atoms with Gasteiger partial charge in [-0.15, -0.1) is 0 Å². The fourth-order valence-electron chi connectivity index (χ4n) is 11.3. The number of carbonyl (C=O) groups excluding carboxylic acids is 4. The first-order valence-corrected chi connectivity index (χ1v) is 33.2. The number of aryl methyl sites for hydroxylation is 2. The van der Waals surface area contributed by atoms with Gasteiger partial charge in [0, 0.05) is 52.6 Å². The van der Waals surface area contributed by atoms with E-state index in [0.29, 0.717) is 62.1 Å². The van der Waals surface area contributed by atoms with Gasteiger partial charge in [0.15, 0.2) is 17.3 Å². The van der Waals surface area contributed by atoms with Crippen LogP contribution in [-0.4, -0.2) is 52.4 Å². The van der Waals surface area contributed by atoms with Gasteiger partial charge in [0.2, 0.25) is 0 Å². The summed E-state index contributed by atoms with van der Waals surface area (Å²) < 4.78 is 47.1. The predicted octanol–water partition coefficient (Wildman–Crippen LogP) is 19.1. The van der Waals surface area contributed by atoms with Gasteiger partial charge < -0.3 is 34.4 Å². The van der Waals surface area contributed by atoms with E-state index in [-0.39, 0.29) is 63.7 Å². The zero-order valence-corrected chi connectivity index (χ0v) is 58.2. The van der Waals surface area contributed by atoms with Crippen molar-refractivity contribution >= 4 is 45.2 Å². The van der Waals surface area contributed by atoms with Crippen LogP contribution in [-0.2, 0) is 22.7 Å². The Hall–Kier alpha value is -13.1. The maximum absolute atomic E-state index is 13.3. The molecule has 0 saturated heterocycles. The number of ketones is 4. The Kier molecular flexibility index (Phi) is 22.9. The number of phenols is 2. The molecular weight excluding hydrogens is 1310 g/mol. The first-order chi connectivity index (χ1) is 50.3. The molecule has 104 heavy (non-hydrogen) atoms. The monoisotopic (exact) mass is 1390 g/mol. The number of Topliss-reactive ketones (excluding diaryl/α,β-unsaturated/α-hetero) is 1. The number of nitrogens with one attached hydrogen (secondary N) is 2. The minimum Gasteiger partial charge on any atom is -0.508 e. The Labute approximate surface area is 601 Å². The summed E-state index contributed by atoms with van der Waals surface area (Å²) in [6, 6.07) is 85.1. The number of imidazole rings is 2. The van der Waals surface area contributed by atoms with Crippen molar-refractivity contribution in [2.45, 2.75) is 59.3 Å². The van der Waals surface area contributed by atoms with E-state index < -0.39 is 11.6 Å². The molecule has 2 heterocycles. The van der Waals surface area contributed by atoms with Gasteiger partial charge in [-0.1, -0.05) is 130 Å². The second kappa shape index (κ2) is 32.9. The number of aromatic hydroxyl groups is 2. The molecule has 522 valence electrons. The zero-order valence-electron chi connectivity index (χ0n) is 59.2. The number of hydrogen-bond acceptors (Lipinski definition) is 10. The molecule has 0 amide bonds. The molecule has 12 aromatic carbocycles. The van der Waals surface area contributed by atoms with E-state index in [2.05, 4.69) is 61.9 Å². The molecule has 14 aromatic rings. The fraction of sp³-hybridized carbons (Fsp3) is 0.114. The number of halogens is 2. The number of phenolic OH excluding ortho intramolecular Hbond substituents is 2. The molecule has 0 spiro atoms. The van der Waals surface area contributed by atoms with Crippen LogP contribution in [0.15, 0.2) is 301 Å². The molecule has 0 radical (unpaired) electrons. The Balaban J connectivity index is 0.000000195. The van der Waals surface area contributed by atoms with Gasteiger partial charge >= 0.3 is 11.4 Å². The molecule has 0 aliphatic heterocycles. The van der Waals surface area contributed by atoms with Crippen LogP contribution in [0.1, 0.15) is 118 Å². The second-order valence-electron chi connectivity index (χ2n) is 25.6. The Morgan fingerprint density at radius 2 is 0.683 bits per heavy atom. The van der Waals surface area contributed by atoms with Crippen molar-refractivity contribution in [2.75, 3.05) is 0 Å². The number of para-hydroxylation sites is 4. The van der Waals surface area contributed by atoms with Crippen molar-refractivity contribution in [3.63, 3.8) is 0 Å². The van der Waals surface area contributed by atoms with Crippen molar-refractivity contribution < 1.29 is 49.0 Å². The highest BCUT2D eigenvalue weighted by Gasteiger charge is 2.25. The van der Waals surface area contributed by atoms with Gasteiger partial charge in [0.1, 0.15) is 51.9 Å². The van der Waals surface area contributed by atoms with Crippen LogP contribution in [0, 0.1) is 18.6 Å². The molecule has 0 aliphatic carbocycles. The average Bonchev–Trinajstić information content (AvgIpc) is 1.61. The molecule has 0 atom stereocenters. The van der Waals surface area contributed by atoms with Crippen molar-refractivity contribution in [1.29, 1.82) is 0 Å². The summed E-state index contributed by atoms with van der Waals surface area (Å²) in [5.74, 6) is 1.95. The van der Waals surface area contributed by atoms with Crippen LogP contribution in [0.2, 0.25) is 0 Å². The van der Waals surface area contributed by atoms with E-state index in [1.54, 1.807) is 101 Å². The van der Waals surface area contributed by atoms with Gasteiger partial charge in [-0.2, -0.15) is 0 Å². The summed E-state index contributed by atoms with van der Waals surface area (Å²) in [5.41, 5.74) is 12.0. The topological polar surface area (TPSA) is 203 Å². The number of aromatic nitrogens is 4. The lowest BCUT2D eigenvalue weighted by Crippen LogP contribution is -2.20. The van der Waals surface area contributed by atoms with Gasteiger partial charge in [-0.05, 0) is 237 Å². The highest BCUT2D eigenvalue weighted by molar-refractivity contribution is 6.10. The number of carbonyl (C=O) groups is 4. The standard InChI is InChI=1S/C50H40N2O5.C15H16O2.C13H8F2O.C7H6N2O.C3H6O/c1-33-9-11-34(12-10-33)47(53)36-15-25-41(26-16-36)56-43-29-19-38(20-30-43)50(2,3)39-21-31-44(32-22-39)57-42-27-17-37(18-28-42)48(54)35-13-23-40(24-14-35)52-46-8-6-5-7-45(46)51(4)49(52)55;1-15(2,11-3-7-13(16)8-4-11)12-5-9-14(17)10-6-12;14-11-5-1-9(2-6-11)13(16)10-3-7-12(15)8-4-10;10-7-8-5-3-1-2-4-6(5)9-7;1-3(2)4/h5-32H,1-4H3;3-10,16-17H,1-2H3;1-8H;1-4H,(H2,8,9,10);1-2H3/i;;;;1D. The summed E-state index contributed by atoms with van der Waals surface area (Å²) in [6.07, 6.45) is 0. The minimum atomic E-state index is -0.393. The van der Waals surface area contributed by atoms with Gasteiger partial charge in [-0.25, -0.2) is 18.4 Å². The number of fused-ring (bicyclic) bond motifs is 2. The van der Waals surface area contributed by atoms with Crippen molar-refractivity contribution in [3.05, 3.63) is 385 Å². The van der Waals surface area contributed by atoms with Crippen molar-refractivity contribution in [3.8, 4) is 40.2 Å². The second-order valence-corrected chi connectivity index (χ2v) is 25.6. The predicted molar refractivity (Wildman–Crippen MR) is 404 cm³/mol. The third kappa shape index (κ3) is 18.5. The lowest BCUT2D eigenvalue weighted by Gasteiger charge is -2.26. The Morgan fingerprint density at radius 1 is 0.404 bits per heavy atom. The molecule has 14 nitrogen and oxygen atoms in total. The number of hydrogen-bond donors (Lipinski definition) is 4. The third-order valence-electron chi connectivity index (χ3n) is 17.3. The molecule has 0 unspecified atom stereocenters. The first-order valence-electron chi connectivity index (χ1n) is 33.9. The van der Waals surface area contributed by atoms with E-state index in [0.717, 1.165) is 49.9 Å². The van der Waals surface area contributed by atoms with Crippen LogP contribution in [0.5, 0.6) is 34.5 Å². The molecule has 0 fully saturated rings. The summed E-state index contributed by atoms with van der Waals surface area (Å²) in [4.78, 5) is 76.6. The highest BCUT2D eigenvalue weighted by atomic mass is 19.1. The number of ether oxygens (including phenoxy) is 2. The normalized spacial score (nSPS) is 11.0. The van der Waals surface area contributed by atoms with E-state index >= 15 is 0 Å². The lowest BCUT2D eigenvalue weighted by atomic mass is 9.78. The molecule has 0 aliphatic rings. The molecule has 14 rings (SSSR count). The molecule has 2 aromatic heterocycles. The van der Waals surface area contributed by atoms with E-state index in [4.69, 9.17) is 10.8 Å². The SMILES string of the molecule is CC(C)(c1ccc(O)cc1)c1ccc(O)cc1.Cc1ccc(C(=O)c2ccc(Oc3ccc(C(C)(C)c4ccc(Oc5ccc(C(=O)c6ccc(-n7c(=O)n(C)c8ccccc87)cc6)cc5)cc4)cc3)cc2)cc1.O=C(c1ccc(F)cc1)c1ccc(F)cc1.O=c1[nH]c2ccccc2[nH]1.[2H]CC(C)=O. The minimum absolute atomic E-state index is 0.0197. The van der Waals surface area contributed by atoms with Crippen LogP contribution in [0.3, 0.4) is 0 Å². The summed E-state index contributed by atoms with van der Waals surface area (Å²) in [7, 11) is 1.75. The van der Waals surface area contributed by atoms with Crippen LogP contribution in [0.25, 0.3) is 27.8 Å². The number of aromatic amines is 2. The van der Waals surface area contributed by atoms with Gasteiger partial charge in [-0.3, -0.25) is 23.5 Å². The van der Waals surface area contributed by atoms with Gasteiger partial charge in [0.25, 0.3) is 0 Å². The maximum atomic E-state index is 13.3. The molecule has 16 heteroatoms. The summed E-state index contributed by atoms with van der Waals surface area (Å²) in [6.45, 7) is 11.9. The van der Waals surface area contributed by atoms with Gasteiger partial charge in [0.05, 0.1) is 27.8 Å². The average molecular weight is 1390 g/mol.